The number of hydrogen-bond acceptors (Lipinski definition) is 3. The van der Waals surface area contributed by atoms with Gasteiger partial charge in [0.15, 0.2) is 0 Å². The molecule has 0 atom stereocenters. The summed E-state index contributed by atoms with van der Waals surface area (Å²) in [5, 5.41) is 2.92. The van der Waals surface area contributed by atoms with Crippen LogP contribution in [0.3, 0.4) is 0 Å². The maximum atomic E-state index is 12.2. The van der Waals surface area contributed by atoms with Gasteiger partial charge in [0.05, 0.1) is 0 Å². The van der Waals surface area contributed by atoms with E-state index in [1.807, 2.05) is 38.1 Å². The maximum Gasteiger partial charge on any atom is 0.263 e. The largest absolute Gasteiger partial charge is 0.489 e. The van der Waals surface area contributed by atoms with Gasteiger partial charge in [0.2, 0.25) is 6.86 Å². The summed E-state index contributed by atoms with van der Waals surface area (Å²) < 4.78 is 22.9. The normalized spacial score (nSPS) is 10.3. The Morgan fingerprint density at radius 2 is 1.96 bits per heavy atom. The summed E-state index contributed by atoms with van der Waals surface area (Å²) in [6.45, 7) is 5.60. The van der Waals surface area contributed by atoms with Gasteiger partial charge < -0.3 is 14.8 Å². The highest BCUT2D eigenvalue weighted by molar-refractivity contribution is 7.80. The number of anilines is 1. The van der Waals surface area contributed by atoms with Crippen LogP contribution in [0.25, 0.3) is 0 Å². The lowest BCUT2D eigenvalue weighted by Gasteiger charge is -2.16. The van der Waals surface area contributed by atoms with Crippen LogP contribution >= 0.6 is 12.2 Å². The number of thiocarbonyl (C=S) groups is 1. The molecule has 0 aromatic heterocycles. The Bertz CT molecular complexity index is 719. The fraction of sp³-hybridized carbons (Fsp3) is 0.316. The maximum absolute atomic E-state index is 12.2. The molecule has 2 aromatic rings. The molecule has 3 nitrogen and oxygen atoms in total. The van der Waals surface area contributed by atoms with Gasteiger partial charge in [-0.2, -0.15) is 0 Å². The Kier molecular flexibility index (Phi) is 6.55. The van der Waals surface area contributed by atoms with E-state index >= 15 is 0 Å². The van der Waals surface area contributed by atoms with Crippen LogP contribution in [0.5, 0.6) is 5.75 Å². The Balaban J connectivity index is 2.16. The summed E-state index contributed by atoms with van der Waals surface area (Å²) in [6, 6.07) is 12.0. The first-order valence-corrected chi connectivity index (χ1v) is 8.26. The number of alkyl halides is 1. The highest BCUT2D eigenvalue weighted by atomic mass is 32.1. The minimum atomic E-state index is -0.952. The zero-order valence-corrected chi connectivity index (χ0v) is 15.0. The molecule has 0 amide bonds. The summed E-state index contributed by atoms with van der Waals surface area (Å²) in [4.78, 5) is 0. The van der Waals surface area contributed by atoms with E-state index < -0.39 is 6.86 Å². The van der Waals surface area contributed by atoms with E-state index in [9.17, 15) is 4.39 Å². The van der Waals surface area contributed by atoms with E-state index in [1.54, 1.807) is 0 Å². The molecule has 0 bridgehead atoms. The van der Waals surface area contributed by atoms with Crippen LogP contribution < -0.4 is 10.1 Å². The molecule has 0 aliphatic rings. The van der Waals surface area contributed by atoms with Crippen molar-refractivity contribution in [3.63, 3.8) is 0 Å². The molecule has 0 unspecified atom stereocenters. The molecule has 1 N–H and O–H groups in total. The molecule has 0 radical (unpaired) electrons. The monoisotopic (exact) mass is 347 g/mol. The molecule has 0 fully saturated rings. The number of benzene rings is 2. The van der Waals surface area contributed by atoms with Crippen LogP contribution in [0.15, 0.2) is 36.4 Å². The van der Waals surface area contributed by atoms with Crippen LogP contribution in [0.2, 0.25) is 0 Å². The predicted octanol–water partition coefficient (Wildman–Crippen LogP) is 5.09. The van der Waals surface area contributed by atoms with Gasteiger partial charge in [-0.3, -0.25) is 0 Å². The fourth-order valence-electron chi connectivity index (χ4n) is 2.45. The van der Waals surface area contributed by atoms with E-state index in [4.69, 9.17) is 17.0 Å². The Hall–Kier alpha value is -2.14. The number of halogens is 1. The van der Waals surface area contributed by atoms with Crippen molar-refractivity contribution in [2.24, 2.45) is 0 Å². The van der Waals surface area contributed by atoms with Crippen molar-refractivity contribution in [2.45, 2.75) is 33.8 Å². The number of ether oxygens (including phenoxy) is 2. The van der Waals surface area contributed by atoms with Gasteiger partial charge in [0, 0.05) is 11.3 Å². The zero-order chi connectivity index (χ0) is 17.5. The third-order valence-electron chi connectivity index (χ3n) is 3.85. The number of aryl methyl sites for hydroxylation is 3. The SMILES string of the molecule is CCc1ccc(OCc2c(C)cccc2NC(=S)OCF)c(C)c1. The average molecular weight is 347 g/mol. The van der Waals surface area contributed by atoms with E-state index in [0.717, 1.165) is 34.5 Å². The quantitative estimate of drug-likeness (QED) is 0.738. The molecule has 0 saturated heterocycles. The molecule has 0 aliphatic heterocycles. The Morgan fingerprint density at radius 3 is 2.62 bits per heavy atom. The van der Waals surface area contributed by atoms with Crippen molar-refractivity contribution < 1.29 is 13.9 Å². The molecule has 2 rings (SSSR count). The van der Waals surface area contributed by atoms with Crippen LogP contribution in [0, 0.1) is 13.8 Å². The third-order valence-corrected chi connectivity index (χ3v) is 4.07. The second kappa shape index (κ2) is 8.64. The highest BCUT2D eigenvalue weighted by Crippen LogP contribution is 2.25. The molecule has 24 heavy (non-hydrogen) atoms. The van der Waals surface area contributed by atoms with Gasteiger partial charge >= 0.3 is 0 Å². The fourth-order valence-corrected chi connectivity index (χ4v) is 2.60. The molecule has 0 heterocycles. The zero-order valence-electron chi connectivity index (χ0n) is 14.2. The molecule has 0 spiro atoms. The van der Waals surface area contributed by atoms with Gasteiger partial charge in [-0.25, -0.2) is 4.39 Å². The molecule has 2 aromatic carbocycles. The van der Waals surface area contributed by atoms with Crippen molar-refractivity contribution in [3.8, 4) is 5.75 Å². The summed E-state index contributed by atoms with van der Waals surface area (Å²) >= 11 is 4.95. The summed E-state index contributed by atoms with van der Waals surface area (Å²) in [5.41, 5.74) is 5.17. The lowest BCUT2D eigenvalue weighted by atomic mass is 10.1. The van der Waals surface area contributed by atoms with Crippen LogP contribution in [-0.4, -0.2) is 12.0 Å². The van der Waals surface area contributed by atoms with Gasteiger partial charge in [0.25, 0.3) is 5.17 Å². The standard InChI is InChI=1S/C19H22FNO2S/c1-4-15-8-9-18(14(3)10-15)22-11-16-13(2)6-5-7-17(16)21-19(24)23-12-20/h5-10H,4,11-12H2,1-3H3,(H,21,24). The Morgan fingerprint density at radius 1 is 1.17 bits per heavy atom. The van der Waals surface area contributed by atoms with Crippen molar-refractivity contribution in [2.75, 3.05) is 12.2 Å². The molecule has 0 aliphatic carbocycles. The molecule has 5 heteroatoms. The van der Waals surface area contributed by atoms with E-state index in [1.165, 1.54) is 5.56 Å². The molecular weight excluding hydrogens is 325 g/mol. The van der Waals surface area contributed by atoms with Gasteiger partial charge in [-0.15, -0.1) is 0 Å². The van der Waals surface area contributed by atoms with Gasteiger partial charge in [-0.05, 0) is 61.3 Å². The number of hydrogen-bond donors (Lipinski definition) is 1. The lowest BCUT2D eigenvalue weighted by Crippen LogP contribution is -2.15. The van der Waals surface area contributed by atoms with E-state index in [0.29, 0.717) is 6.61 Å². The predicted molar refractivity (Wildman–Crippen MR) is 99.3 cm³/mol. The summed E-state index contributed by atoms with van der Waals surface area (Å²) in [6.07, 6.45) is 0.999. The van der Waals surface area contributed by atoms with Gasteiger partial charge in [-0.1, -0.05) is 31.2 Å². The highest BCUT2D eigenvalue weighted by Gasteiger charge is 2.10. The minimum Gasteiger partial charge on any atom is -0.489 e. The lowest BCUT2D eigenvalue weighted by molar-refractivity contribution is 0.184. The second-order valence-electron chi connectivity index (χ2n) is 5.51. The Labute approximate surface area is 147 Å². The second-order valence-corrected chi connectivity index (χ2v) is 5.88. The smallest absolute Gasteiger partial charge is 0.263 e. The number of nitrogens with one attached hydrogen (secondary N) is 1. The first-order chi connectivity index (χ1) is 11.5. The topological polar surface area (TPSA) is 30.5 Å². The first-order valence-electron chi connectivity index (χ1n) is 7.85. The van der Waals surface area contributed by atoms with Crippen molar-refractivity contribution >= 4 is 23.1 Å². The minimum absolute atomic E-state index is 0.00725. The molecular formula is C19H22FNO2S. The van der Waals surface area contributed by atoms with Crippen molar-refractivity contribution in [3.05, 3.63) is 58.7 Å². The van der Waals surface area contributed by atoms with Crippen LogP contribution in [-0.2, 0) is 17.8 Å². The molecule has 128 valence electrons. The van der Waals surface area contributed by atoms with Crippen LogP contribution in [0.1, 0.15) is 29.2 Å². The van der Waals surface area contributed by atoms with Crippen LogP contribution in [0.4, 0.5) is 10.1 Å². The summed E-state index contributed by atoms with van der Waals surface area (Å²) in [5.74, 6) is 0.851. The van der Waals surface area contributed by atoms with Crippen molar-refractivity contribution in [1.82, 2.24) is 0 Å². The first kappa shape index (κ1) is 18.2. The van der Waals surface area contributed by atoms with E-state index in [2.05, 4.69) is 29.1 Å². The summed E-state index contributed by atoms with van der Waals surface area (Å²) in [7, 11) is 0. The van der Waals surface area contributed by atoms with Crippen molar-refractivity contribution in [1.29, 1.82) is 0 Å². The van der Waals surface area contributed by atoms with Gasteiger partial charge in [0.1, 0.15) is 12.4 Å². The molecule has 0 saturated carbocycles. The van der Waals surface area contributed by atoms with E-state index in [-0.39, 0.29) is 5.17 Å². The number of rotatable bonds is 6. The third kappa shape index (κ3) is 4.68. The average Bonchev–Trinajstić information content (AvgIpc) is 2.55.